The highest BCUT2D eigenvalue weighted by Gasteiger charge is 2.10. The summed E-state index contributed by atoms with van der Waals surface area (Å²) in [6.07, 6.45) is 1.64. The summed E-state index contributed by atoms with van der Waals surface area (Å²) in [6, 6.07) is 17.5. The van der Waals surface area contributed by atoms with Crippen molar-refractivity contribution in [3.63, 3.8) is 0 Å². The van der Waals surface area contributed by atoms with E-state index in [9.17, 15) is 4.79 Å². The Morgan fingerprint density at radius 3 is 2.44 bits per heavy atom. The molecule has 0 radical (unpaired) electrons. The first-order chi connectivity index (χ1) is 12.0. The molecule has 4 nitrogen and oxygen atoms in total. The molecule has 1 heterocycles. The zero-order chi connectivity index (χ0) is 17.8. The lowest BCUT2D eigenvalue weighted by atomic mass is 10.1. The summed E-state index contributed by atoms with van der Waals surface area (Å²) in [4.78, 5) is 16.7. The molecule has 0 spiro atoms. The largest absolute Gasteiger partial charge is 0.355 e. The molecular formula is C21H21N3O. The van der Waals surface area contributed by atoms with Crippen LogP contribution in [-0.4, -0.2) is 10.9 Å². The predicted molar refractivity (Wildman–Crippen MR) is 103 cm³/mol. The lowest BCUT2D eigenvalue weighted by molar-refractivity contribution is 0.102. The minimum absolute atomic E-state index is 0.223. The van der Waals surface area contributed by atoms with Crippen LogP contribution in [0.25, 0.3) is 0 Å². The van der Waals surface area contributed by atoms with Crippen LogP contribution in [0.2, 0.25) is 0 Å². The number of aryl methyl sites for hydroxylation is 3. The summed E-state index contributed by atoms with van der Waals surface area (Å²) < 4.78 is 0. The van der Waals surface area contributed by atoms with E-state index in [4.69, 9.17) is 0 Å². The topological polar surface area (TPSA) is 54.0 Å². The molecule has 0 atom stereocenters. The second kappa shape index (κ2) is 7.18. The van der Waals surface area contributed by atoms with Gasteiger partial charge in [-0.2, -0.15) is 0 Å². The Morgan fingerprint density at radius 1 is 0.880 bits per heavy atom. The quantitative estimate of drug-likeness (QED) is 0.707. The number of carbonyl (C=O) groups excluding carboxylic acids is 1. The Balaban J connectivity index is 1.80. The van der Waals surface area contributed by atoms with Crippen molar-refractivity contribution in [2.24, 2.45) is 0 Å². The average Bonchev–Trinajstić information content (AvgIpc) is 2.60. The predicted octanol–water partition coefficient (Wildman–Crippen LogP) is 5.00. The number of hydrogen-bond acceptors (Lipinski definition) is 3. The van der Waals surface area contributed by atoms with Gasteiger partial charge in [0, 0.05) is 23.3 Å². The van der Waals surface area contributed by atoms with Crippen molar-refractivity contribution in [3.8, 4) is 0 Å². The fraction of sp³-hybridized carbons (Fsp3) is 0.143. The van der Waals surface area contributed by atoms with Gasteiger partial charge in [0.1, 0.15) is 5.69 Å². The Kier molecular flexibility index (Phi) is 4.80. The second-order valence-electron chi connectivity index (χ2n) is 6.14. The van der Waals surface area contributed by atoms with E-state index in [-0.39, 0.29) is 5.91 Å². The van der Waals surface area contributed by atoms with Crippen LogP contribution >= 0.6 is 0 Å². The van der Waals surface area contributed by atoms with Crippen LogP contribution in [0, 0.1) is 20.8 Å². The van der Waals surface area contributed by atoms with Gasteiger partial charge in [-0.15, -0.1) is 0 Å². The van der Waals surface area contributed by atoms with Crippen molar-refractivity contribution in [1.29, 1.82) is 0 Å². The standard InChI is InChI=1S/C21H21N3O/c1-14-8-9-16(3)19(12-14)23-17-10-11-22-20(13-17)21(25)24-18-7-5-4-6-15(18)2/h4-13H,1-3H3,(H,22,23)(H,24,25). The maximum Gasteiger partial charge on any atom is 0.274 e. The molecule has 1 amide bonds. The summed E-state index contributed by atoms with van der Waals surface area (Å²) in [5, 5.41) is 6.27. The number of amides is 1. The van der Waals surface area contributed by atoms with Gasteiger partial charge < -0.3 is 10.6 Å². The summed E-state index contributed by atoms with van der Waals surface area (Å²) in [7, 11) is 0. The number of para-hydroxylation sites is 1. The molecule has 0 fully saturated rings. The summed E-state index contributed by atoms with van der Waals surface area (Å²) >= 11 is 0. The highest BCUT2D eigenvalue weighted by molar-refractivity contribution is 6.03. The lowest BCUT2D eigenvalue weighted by Crippen LogP contribution is -2.14. The van der Waals surface area contributed by atoms with Gasteiger partial charge in [0.05, 0.1) is 0 Å². The van der Waals surface area contributed by atoms with Crippen LogP contribution in [0.3, 0.4) is 0 Å². The number of nitrogens with zero attached hydrogens (tertiary/aromatic N) is 1. The zero-order valence-electron chi connectivity index (χ0n) is 14.6. The van der Waals surface area contributed by atoms with Crippen molar-refractivity contribution < 1.29 is 4.79 Å². The monoisotopic (exact) mass is 331 g/mol. The van der Waals surface area contributed by atoms with E-state index in [2.05, 4.69) is 47.7 Å². The van der Waals surface area contributed by atoms with Crippen molar-refractivity contribution in [2.45, 2.75) is 20.8 Å². The van der Waals surface area contributed by atoms with Gasteiger partial charge in [0.15, 0.2) is 0 Å². The van der Waals surface area contributed by atoms with Gasteiger partial charge in [-0.3, -0.25) is 9.78 Å². The van der Waals surface area contributed by atoms with Crippen LogP contribution in [0.15, 0.2) is 60.8 Å². The molecule has 2 N–H and O–H groups in total. The molecule has 0 saturated heterocycles. The van der Waals surface area contributed by atoms with E-state index in [1.807, 2.05) is 37.3 Å². The van der Waals surface area contributed by atoms with Crippen LogP contribution < -0.4 is 10.6 Å². The molecule has 1 aromatic heterocycles. The molecule has 3 rings (SSSR count). The van der Waals surface area contributed by atoms with E-state index in [0.717, 1.165) is 28.2 Å². The zero-order valence-corrected chi connectivity index (χ0v) is 14.6. The van der Waals surface area contributed by atoms with Crippen LogP contribution in [0.5, 0.6) is 0 Å². The van der Waals surface area contributed by atoms with Crippen LogP contribution in [-0.2, 0) is 0 Å². The molecule has 3 aromatic rings. The molecule has 0 bridgehead atoms. The molecule has 2 aromatic carbocycles. The Bertz CT molecular complexity index is 919. The highest BCUT2D eigenvalue weighted by atomic mass is 16.1. The van der Waals surface area contributed by atoms with E-state index >= 15 is 0 Å². The Hall–Kier alpha value is -3.14. The molecule has 4 heteroatoms. The number of pyridine rings is 1. The van der Waals surface area contributed by atoms with Gasteiger partial charge in [-0.25, -0.2) is 0 Å². The van der Waals surface area contributed by atoms with E-state index in [1.54, 1.807) is 12.3 Å². The van der Waals surface area contributed by atoms with Gasteiger partial charge >= 0.3 is 0 Å². The molecule has 126 valence electrons. The highest BCUT2D eigenvalue weighted by Crippen LogP contribution is 2.22. The fourth-order valence-corrected chi connectivity index (χ4v) is 2.56. The minimum atomic E-state index is -0.223. The summed E-state index contributed by atoms with van der Waals surface area (Å²) in [6.45, 7) is 6.06. The third-order valence-corrected chi connectivity index (χ3v) is 4.06. The molecule has 0 aliphatic rings. The molecule has 0 aliphatic carbocycles. The number of hydrogen-bond donors (Lipinski definition) is 2. The number of benzene rings is 2. The maximum absolute atomic E-state index is 12.5. The Morgan fingerprint density at radius 2 is 1.64 bits per heavy atom. The van der Waals surface area contributed by atoms with Gasteiger partial charge in [-0.05, 0) is 61.7 Å². The molecule has 25 heavy (non-hydrogen) atoms. The number of anilines is 3. The first kappa shape index (κ1) is 16.7. The van der Waals surface area contributed by atoms with E-state index in [0.29, 0.717) is 5.69 Å². The number of nitrogens with one attached hydrogen (secondary N) is 2. The normalized spacial score (nSPS) is 10.4. The van der Waals surface area contributed by atoms with Crippen molar-refractivity contribution >= 4 is 23.0 Å². The number of carbonyl (C=O) groups is 1. The molecule has 0 unspecified atom stereocenters. The first-order valence-electron chi connectivity index (χ1n) is 8.20. The summed E-state index contributed by atoms with van der Waals surface area (Å²) in [5.74, 6) is -0.223. The van der Waals surface area contributed by atoms with Crippen LogP contribution in [0.4, 0.5) is 17.1 Å². The lowest BCUT2D eigenvalue weighted by Gasteiger charge is -2.12. The average molecular weight is 331 g/mol. The molecule has 0 saturated carbocycles. The smallest absolute Gasteiger partial charge is 0.274 e. The molecular weight excluding hydrogens is 310 g/mol. The minimum Gasteiger partial charge on any atom is -0.355 e. The third kappa shape index (κ3) is 4.04. The van der Waals surface area contributed by atoms with E-state index < -0.39 is 0 Å². The van der Waals surface area contributed by atoms with Gasteiger partial charge in [-0.1, -0.05) is 30.3 Å². The summed E-state index contributed by atoms with van der Waals surface area (Å²) in [5.41, 5.74) is 6.37. The second-order valence-corrected chi connectivity index (χ2v) is 6.14. The Labute approximate surface area is 147 Å². The molecule has 0 aliphatic heterocycles. The number of rotatable bonds is 4. The maximum atomic E-state index is 12.5. The SMILES string of the molecule is Cc1ccc(C)c(Nc2ccnc(C(=O)Nc3ccccc3C)c2)c1. The fourth-order valence-electron chi connectivity index (χ4n) is 2.56. The first-order valence-corrected chi connectivity index (χ1v) is 8.20. The van der Waals surface area contributed by atoms with E-state index in [1.165, 1.54) is 5.56 Å². The van der Waals surface area contributed by atoms with Gasteiger partial charge in [0.2, 0.25) is 0 Å². The van der Waals surface area contributed by atoms with Crippen LogP contribution in [0.1, 0.15) is 27.2 Å². The third-order valence-electron chi connectivity index (χ3n) is 4.06. The van der Waals surface area contributed by atoms with Crippen molar-refractivity contribution in [2.75, 3.05) is 10.6 Å². The van der Waals surface area contributed by atoms with Crippen molar-refractivity contribution in [3.05, 3.63) is 83.2 Å². The van der Waals surface area contributed by atoms with Gasteiger partial charge in [0.25, 0.3) is 5.91 Å². The van der Waals surface area contributed by atoms with Crippen molar-refractivity contribution in [1.82, 2.24) is 4.98 Å². The number of aromatic nitrogens is 1.